The largest absolute Gasteiger partial charge is 0.493 e. The zero-order valence-corrected chi connectivity index (χ0v) is 19.8. The van der Waals surface area contributed by atoms with Crippen LogP contribution in [-0.2, 0) is 16.0 Å². The van der Waals surface area contributed by atoms with Crippen LogP contribution in [0.4, 0.5) is 16.2 Å². The molecule has 0 aliphatic carbocycles. The molecule has 0 saturated carbocycles. The van der Waals surface area contributed by atoms with Gasteiger partial charge in [0.1, 0.15) is 17.6 Å². The van der Waals surface area contributed by atoms with E-state index >= 15 is 0 Å². The zero-order valence-electron chi connectivity index (χ0n) is 19.8. The number of fused-ring (bicyclic) bond motifs is 4. The summed E-state index contributed by atoms with van der Waals surface area (Å²) in [6, 6.07) is 13.1. The van der Waals surface area contributed by atoms with E-state index in [1.54, 1.807) is 30.2 Å². The third-order valence-electron chi connectivity index (χ3n) is 6.66. The number of anilines is 2. The molecular formula is C26H26N4O6. The van der Waals surface area contributed by atoms with Gasteiger partial charge in [0.2, 0.25) is 5.88 Å². The third-order valence-corrected chi connectivity index (χ3v) is 6.66. The SMILES string of the molecule is COc1ccc2ccc3c(c2n1)C[C@H](CNC[C@@H]1CN(c2ccc4c(c2)NC(=O)CO4)C(=O)O1)CO3. The Kier molecular flexibility index (Phi) is 5.73. The molecule has 2 aromatic carbocycles. The Morgan fingerprint density at radius 3 is 2.86 bits per heavy atom. The molecule has 4 heterocycles. The van der Waals surface area contributed by atoms with E-state index in [-0.39, 0.29) is 24.5 Å². The van der Waals surface area contributed by atoms with Gasteiger partial charge >= 0.3 is 6.09 Å². The molecule has 10 nitrogen and oxygen atoms in total. The molecule has 186 valence electrons. The minimum atomic E-state index is -0.411. The highest BCUT2D eigenvalue weighted by molar-refractivity contribution is 5.97. The molecule has 3 aliphatic rings. The van der Waals surface area contributed by atoms with E-state index in [4.69, 9.17) is 18.9 Å². The topological polar surface area (TPSA) is 111 Å². The maximum Gasteiger partial charge on any atom is 0.414 e. The second-order valence-electron chi connectivity index (χ2n) is 9.14. The first kappa shape index (κ1) is 22.4. The summed E-state index contributed by atoms with van der Waals surface area (Å²) < 4.78 is 22.3. The zero-order chi connectivity index (χ0) is 24.6. The summed E-state index contributed by atoms with van der Waals surface area (Å²) in [5.74, 6) is 2.07. The highest BCUT2D eigenvalue weighted by atomic mass is 16.6. The third kappa shape index (κ3) is 4.24. The number of carbonyl (C=O) groups is 2. The average molecular weight is 491 g/mol. The molecule has 1 aromatic heterocycles. The molecule has 36 heavy (non-hydrogen) atoms. The summed E-state index contributed by atoms with van der Waals surface area (Å²) in [7, 11) is 1.61. The van der Waals surface area contributed by atoms with Crippen molar-refractivity contribution in [1.82, 2.24) is 10.3 Å². The lowest BCUT2D eigenvalue weighted by molar-refractivity contribution is -0.118. The Hall–Kier alpha value is -4.05. The van der Waals surface area contributed by atoms with Crippen LogP contribution in [-0.4, -0.2) is 63.0 Å². The molecule has 3 aliphatic heterocycles. The number of ether oxygens (including phenoxy) is 4. The predicted molar refractivity (Wildman–Crippen MR) is 132 cm³/mol. The molecule has 2 atom stereocenters. The summed E-state index contributed by atoms with van der Waals surface area (Å²) in [6.07, 6.45) is 0.133. The second kappa shape index (κ2) is 9.19. The van der Waals surface area contributed by atoms with Crippen LogP contribution in [0.1, 0.15) is 5.56 Å². The minimum absolute atomic E-state index is 0.00953. The molecule has 3 aromatic rings. The average Bonchev–Trinajstić information content (AvgIpc) is 3.27. The Labute approximate surface area is 207 Å². The van der Waals surface area contributed by atoms with Gasteiger partial charge < -0.3 is 29.6 Å². The number of carbonyl (C=O) groups excluding carboxylic acids is 2. The Bertz CT molecular complexity index is 1340. The summed E-state index contributed by atoms with van der Waals surface area (Å²) in [5.41, 5.74) is 3.20. The number of pyridine rings is 1. The van der Waals surface area contributed by atoms with Crippen molar-refractivity contribution in [3.05, 3.63) is 48.0 Å². The van der Waals surface area contributed by atoms with E-state index in [9.17, 15) is 9.59 Å². The van der Waals surface area contributed by atoms with Crippen LogP contribution in [0.2, 0.25) is 0 Å². The van der Waals surface area contributed by atoms with Crippen molar-refractivity contribution in [3.63, 3.8) is 0 Å². The number of rotatable bonds is 6. The molecule has 10 heteroatoms. The van der Waals surface area contributed by atoms with Gasteiger partial charge in [-0.15, -0.1) is 0 Å². The summed E-state index contributed by atoms with van der Waals surface area (Å²) in [6.45, 7) is 2.26. The molecule has 0 radical (unpaired) electrons. The Morgan fingerprint density at radius 2 is 1.97 bits per heavy atom. The van der Waals surface area contributed by atoms with Crippen molar-refractivity contribution >= 4 is 34.3 Å². The van der Waals surface area contributed by atoms with E-state index in [1.165, 1.54) is 0 Å². The van der Waals surface area contributed by atoms with Gasteiger partial charge in [0, 0.05) is 41.7 Å². The van der Waals surface area contributed by atoms with Crippen LogP contribution in [0.25, 0.3) is 10.9 Å². The van der Waals surface area contributed by atoms with Crippen LogP contribution >= 0.6 is 0 Å². The van der Waals surface area contributed by atoms with E-state index < -0.39 is 6.09 Å². The number of hydrogen-bond donors (Lipinski definition) is 2. The van der Waals surface area contributed by atoms with Crippen molar-refractivity contribution in [1.29, 1.82) is 0 Å². The monoisotopic (exact) mass is 490 g/mol. The fourth-order valence-electron chi connectivity index (χ4n) is 4.87. The fourth-order valence-corrected chi connectivity index (χ4v) is 4.87. The van der Waals surface area contributed by atoms with E-state index in [2.05, 4.69) is 15.6 Å². The Morgan fingerprint density at radius 1 is 1.11 bits per heavy atom. The molecule has 0 unspecified atom stereocenters. The molecule has 0 bridgehead atoms. The van der Waals surface area contributed by atoms with Crippen LogP contribution in [0.15, 0.2) is 42.5 Å². The Balaban J connectivity index is 1.06. The number of nitrogens with one attached hydrogen (secondary N) is 2. The van der Waals surface area contributed by atoms with Crippen LogP contribution in [0, 0.1) is 5.92 Å². The lowest BCUT2D eigenvalue weighted by Gasteiger charge is -2.26. The summed E-state index contributed by atoms with van der Waals surface area (Å²) in [4.78, 5) is 30.3. The van der Waals surface area contributed by atoms with Crippen molar-refractivity contribution in [3.8, 4) is 17.4 Å². The first-order valence-electron chi connectivity index (χ1n) is 11.9. The lowest BCUT2D eigenvalue weighted by atomic mass is 9.94. The number of nitrogens with zero attached hydrogens (tertiary/aromatic N) is 2. The molecule has 1 fully saturated rings. The van der Waals surface area contributed by atoms with Crippen molar-refractivity contribution in [2.24, 2.45) is 5.92 Å². The number of aromatic nitrogens is 1. The highest BCUT2D eigenvalue weighted by Crippen LogP contribution is 2.35. The van der Waals surface area contributed by atoms with Gasteiger partial charge in [0.25, 0.3) is 5.91 Å². The first-order chi connectivity index (χ1) is 17.6. The second-order valence-corrected chi connectivity index (χ2v) is 9.14. The lowest BCUT2D eigenvalue weighted by Crippen LogP contribution is -2.37. The smallest absolute Gasteiger partial charge is 0.414 e. The van der Waals surface area contributed by atoms with Crippen LogP contribution in [0.5, 0.6) is 17.4 Å². The number of benzene rings is 2. The molecule has 0 spiro atoms. The summed E-state index contributed by atoms with van der Waals surface area (Å²) >= 11 is 0. The summed E-state index contributed by atoms with van der Waals surface area (Å²) in [5, 5.41) is 7.26. The molecule has 6 rings (SSSR count). The minimum Gasteiger partial charge on any atom is -0.493 e. The van der Waals surface area contributed by atoms with Crippen LogP contribution in [0.3, 0.4) is 0 Å². The first-order valence-corrected chi connectivity index (χ1v) is 11.9. The van der Waals surface area contributed by atoms with Crippen molar-refractivity contribution in [2.75, 3.05) is 50.2 Å². The van der Waals surface area contributed by atoms with E-state index in [1.807, 2.05) is 24.3 Å². The van der Waals surface area contributed by atoms with Gasteiger partial charge in [-0.25, -0.2) is 9.78 Å². The number of methoxy groups -OCH3 is 1. The molecule has 2 N–H and O–H groups in total. The maximum atomic E-state index is 12.5. The van der Waals surface area contributed by atoms with Gasteiger partial charge in [-0.3, -0.25) is 9.69 Å². The molecular weight excluding hydrogens is 464 g/mol. The van der Waals surface area contributed by atoms with E-state index in [0.717, 1.165) is 35.2 Å². The highest BCUT2D eigenvalue weighted by Gasteiger charge is 2.33. The maximum absolute atomic E-state index is 12.5. The molecule has 2 amide bonds. The van der Waals surface area contributed by atoms with Gasteiger partial charge in [0.05, 0.1) is 31.5 Å². The quantitative estimate of drug-likeness (QED) is 0.543. The normalized spacial score (nSPS) is 20.6. The van der Waals surface area contributed by atoms with Gasteiger partial charge in [-0.1, -0.05) is 0 Å². The van der Waals surface area contributed by atoms with Crippen molar-refractivity contribution < 1.29 is 28.5 Å². The van der Waals surface area contributed by atoms with Gasteiger partial charge in [-0.2, -0.15) is 0 Å². The van der Waals surface area contributed by atoms with Gasteiger partial charge in [-0.05, 0) is 42.8 Å². The van der Waals surface area contributed by atoms with Crippen LogP contribution < -0.4 is 29.7 Å². The van der Waals surface area contributed by atoms with Crippen molar-refractivity contribution in [2.45, 2.75) is 12.5 Å². The molecule has 1 saturated heterocycles. The fraction of sp³-hybridized carbons (Fsp3) is 0.346. The predicted octanol–water partition coefficient (Wildman–Crippen LogP) is 2.74. The van der Waals surface area contributed by atoms with E-state index in [0.29, 0.717) is 42.7 Å². The number of amides is 2. The number of cyclic esters (lactones) is 1. The number of hydrogen-bond acceptors (Lipinski definition) is 8. The van der Waals surface area contributed by atoms with Gasteiger partial charge in [0.15, 0.2) is 6.61 Å². The standard InChI is InChI=1S/C26H26N4O6/c1-33-24-7-3-16-2-5-21-19(25(16)29-24)8-15(13-34-21)10-27-11-18-12-30(26(32)36-18)17-4-6-22-20(9-17)28-23(31)14-35-22/h2-7,9,15,18,27H,8,10-14H2,1H3,(H,28,31)/t15-,18-/m1/s1.